The summed E-state index contributed by atoms with van der Waals surface area (Å²) in [5.74, 6) is 0.726. The van der Waals surface area contributed by atoms with E-state index in [2.05, 4.69) is 4.57 Å². The number of rotatable bonds is 3. The summed E-state index contributed by atoms with van der Waals surface area (Å²) in [4.78, 5) is 26.2. The van der Waals surface area contributed by atoms with Crippen LogP contribution in [-0.4, -0.2) is 27.4 Å². The van der Waals surface area contributed by atoms with Crippen LogP contribution in [0.3, 0.4) is 0 Å². The van der Waals surface area contributed by atoms with Crippen molar-refractivity contribution in [2.24, 2.45) is 14.1 Å². The van der Waals surface area contributed by atoms with Gasteiger partial charge in [0.1, 0.15) is 11.9 Å². The Bertz CT molecular complexity index is 1460. The molecule has 0 N–H and O–H groups in total. The lowest BCUT2D eigenvalue weighted by Gasteiger charge is -2.28. The lowest BCUT2D eigenvalue weighted by molar-refractivity contribution is 0.0478. The average Bonchev–Trinajstić information content (AvgIpc) is 3.17. The van der Waals surface area contributed by atoms with E-state index in [4.69, 9.17) is 21.1 Å². The number of fused-ring (bicyclic) bond motifs is 3. The zero-order valence-electron chi connectivity index (χ0n) is 18.0. The van der Waals surface area contributed by atoms with Crippen LogP contribution in [0.2, 0.25) is 5.02 Å². The Morgan fingerprint density at radius 2 is 1.81 bits per heavy atom. The SMILES string of the molecule is COc1ccc(-c2c3c(=O)n(C)c(=O)n(C)c3c3n2CCOC3c2cccc(Cl)c2)cc1. The van der Waals surface area contributed by atoms with Crippen LogP contribution in [0.15, 0.2) is 58.1 Å². The van der Waals surface area contributed by atoms with Crippen molar-refractivity contribution in [1.29, 1.82) is 0 Å². The maximum absolute atomic E-state index is 13.4. The first-order chi connectivity index (χ1) is 15.4. The van der Waals surface area contributed by atoms with Crippen molar-refractivity contribution in [2.45, 2.75) is 12.6 Å². The van der Waals surface area contributed by atoms with Gasteiger partial charge in [-0.3, -0.25) is 13.9 Å². The second-order valence-electron chi connectivity index (χ2n) is 7.85. The van der Waals surface area contributed by atoms with E-state index in [-0.39, 0.29) is 11.2 Å². The molecular formula is C24H22ClN3O4. The van der Waals surface area contributed by atoms with Gasteiger partial charge in [-0.2, -0.15) is 0 Å². The number of hydrogen-bond acceptors (Lipinski definition) is 4. The molecule has 0 bridgehead atoms. The minimum absolute atomic E-state index is 0.333. The molecule has 8 heteroatoms. The lowest BCUT2D eigenvalue weighted by atomic mass is 10.0. The highest BCUT2D eigenvalue weighted by atomic mass is 35.5. The Morgan fingerprint density at radius 1 is 1.06 bits per heavy atom. The minimum Gasteiger partial charge on any atom is -0.497 e. The van der Waals surface area contributed by atoms with Crippen LogP contribution in [0, 0.1) is 0 Å². The van der Waals surface area contributed by atoms with Crippen LogP contribution in [0.5, 0.6) is 5.75 Å². The van der Waals surface area contributed by atoms with E-state index in [1.165, 1.54) is 11.6 Å². The zero-order chi connectivity index (χ0) is 22.6. The number of hydrogen-bond donors (Lipinski definition) is 0. The molecule has 2 aromatic heterocycles. The summed E-state index contributed by atoms with van der Waals surface area (Å²) < 4.78 is 16.3. The summed E-state index contributed by atoms with van der Waals surface area (Å²) in [6.45, 7) is 1.02. The highest BCUT2D eigenvalue weighted by molar-refractivity contribution is 6.30. The van der Waals surface area contributed by atoms with Crippen molar-refractivity contribution >= 4 is 22.5 Å². The topological polar surface area (TPSA) is 67.4 Å². The molecule has 164 valence electrons. The molecule has 0 spiro atoms. The molecule has 1 aliphatic rings. The fraction of sp³-hybridized carbons (Fsp3) is 0.250. The predicted molar refractivity (Wildman–Crippen MR) is 124 cm³/mol. The number of methoxy groups -OCH3 is 1. The summed E-state index contributed by atoms with van der Waals surface area (Å²) in [5.41, 5.74) is 3.14. The van der Waals surface area contributed by atoms with Gasteiger partial charge in [0.15, 0.2) is 0 Å². The molecule has 0 amide bonds. The van der Waals surface area contributed by atoms with Crippen LogP contribution < -0.4 is 16.0 Å². The molecule has 0 aliphatic carbocycles. The van der Waals surface area contributed by atoms with Gasteiger partial charge in [-0.15, -0.1) is 0 Å². The molecule has 4 aromatic rings. The van der Waals surface area contributed by atoms with E-state index >= 15 is 0 Å². The molecule has 7 nitrogen and oxygen atoms in total. The van der Waals surface area contributed by atoms with Crippen molar-refractivity contribution in [3.8, 4) is 17.0 Å². The van der Waals surface area contributed by atoms with Gasteiger partial charge in [0, 0.05) is 25.7 Å². The van der Waals surface area contributed by atoms with E-state index in [9.17, 15) is 9.59 Å². The molecule has 32 heavy (non-hydrogen) atoms. The molecule has 2 aromatic carbocycles. The second-order valence-corrected chi connectivity index (χ2v) is 8.29. The van der Waals surface area contributed by atoms with Crippen LogP contribution in [-0.2, 0) is 25.4 Å². The molecule has 0 saturated heterocycles. The van der Waals surface area contributed by atoms with Crippen LogP contribution >= 0.6 is 11.6 Å². The van der Waals surface area contributed by atoms with Gasteiger partial charge >= 0.3 is 5.69 Å². The van der Waals surface area contributed by atoms with Gasteiger partial charge in [0.25, 0.3) is 5.56 Å². The molecule has 0 fully saturated rings. The summed E-state index contributed by atoms with van der Waals surface area (Å²) in [5, 5.41) is 1.09. The standard InChI is InChI=1S/C24H22ClN3O4/c1-26-20-18(23(29)27(2)24(26)30)19(14-7-9-17(31-3)10-8-14)28-11-12-32-22(21(20)28)15-5-4-6-16(25)13-15/h4-10,13,22H,11-12H2,1-3H3. The number of nitrogens with zero attached hydrogens (tertiary/aromatic N) is 3. The average molecular weight is 452 g/mol. The molecule has 3 heterocycles. The maximum atomic E-state index is 13.4. The van der Waals surface area contributed by atoms with E-state index < -0.39 is 6.10 Å². The van der Waals surface area contributed by atoms with Crippen molar-refractivity contribution < 1.29 is 9.47 Å². The number of aromatic nitrogens is 3. The number of benzene rings is 2. The predicted octanol–water partition coefficient (Wildman–Crippen LogP) is 3.49. The first kappa shape index (κ1) is 20.6. The van der Waals surface area contributed by atoms with Crippen LogP contribution in [0.4, 0.5) is 0 Å². The van der Waals surface area contributed by atoms with Crippen molar-refractivity contribution in [3.05, 3.63) is 85.6 Å². The van der Waals surface area contributed by atoms with Gasteiger partial charge in [-0.25, -0.2) is 4.79 Å². The molecule has 1 aliphatic heterocycles. The van der Waals surface area contributed by atoms with Crippen molar-refractivity contribution in [3.63, 3.8) is 0 Å². The van der Waals surface area contributed by atoms with Crippen molar-refractivity contribution in [1.82, 2.24) is 13.7 Å². The largest absolute Gasteiger partial charge is 0.497 e. The fourth-order valence-electron chi connectivity index (χ4n) is 4.55. The highest BCUT2D eigenvalue weighted by Gasteiger charge is 2.33. The molecule has 0 radical (unpaired) electrons. The highest BCUT2D eigenvalue weighted by Crippen LogP contribution is 2.41. The molecule has 1 atom stereocenters. The van der Waals surface area contributed by atoms with Gasteiger partial charge in [-0.1, -0.05) is 23.7 Å². The lowest BCUT2D eigenvalue weighted by Crippen LogP contribution is -2.37. The number of aryl methyl sites for hydroxylation is 1. The van der Waals surface area contributed by atoms with E-state index in [0.29, 0.717) is 29.1 Å². The summed E-state index contributed by atoms with van der Waals surface area (Å²) >= 11 is 6.26. The number of halogens is 1. The van der Waals surface area contributed by atoms with E-state index in [0.717, 1.165) is 32.8 Å². The third-order valence-corrected chi connectivity index (χ3v) is 6.30. The first-order valence-electron chi connectivity index (χ1n) is 10.3. The summed E-state index contributed by atoms with van der Waals surface area (Å²) in [6.07, 6.45) is -0.463. The Morgan fingerprint density at radius 3 is 2.50 bits per heavy atom. The fourth-order valence-corrected chi connectivity index (χ4v) is 4.75. The van der Waals surface area contributed by atoms with Crippen molar-refractivity contribution in [2.75, 3.05) is 13.7 Å². The van der Waals surface area contributed by atoms with Gasteiger partial charge in [0.05, 0.1) is 36.0 Å². The molecular weight excluding hydrogens is 430 g/mol. The Hall–Kier alpha value is -3.29. The Labute approximate surface area is 189 Å². The van der Waals surface area contributed by atoms with Crippen LogP contribution in [0.25, 0.3) is 22.2 Å². The third kappa shape index (κ3) is 3.00. The Balaban J connectivity index is 1.91. The van der Waals surface area contributed by atoms with Gasteiger partial charge in [-0.05, 0) is 47.5 Å². The van der Waals surface area contributed by atoms with Gasteiger partial charge in [0.2, 0.25) is 0 Å². The first-order valence-corrected chi connectivity index (χ1v) is 10.6. The summed E-state index contributed by atoms with van der Waals surface area (Å²) in [7, 11) is 4.80. The summed E-state index contributed by atoms with van der Waals surface area (Å²) in [6, 6.07) is 15.0. The minimum atomic E-state index is -0.463. The third-order valence-electron chi connectivity index (χ3n) is 6.07. The smallest absolute Gasteiger partial charge is 0.331 e. The second kappa shape index (κ2) is 7.69. The van der Waals surface area contributed by atoms with Crippen LogP contribution in [0.1, 0.15) is 17.4 Å². The molecule has 1 unspecified atom stereocenters. The molecule has 0 saturated carbocycles. The van der Waals surface area contributed by atoms with E-state index in [1.54, 1.807) is 20.2 Å². The Kier molecular flexibility index (Phi) is 4.95. The van der Waals surface area contributed by atoms with E-state index in [1.807, 2.05) is 42.5 Å². The molecule has 5 rings (SSSR count). The normalized spacial score (nSPS) is 15.7. The van der Waals surface area contributed by atoms with Gasteiger partial charge < -0.3 is 14.0 Å². The monoisotopic (exact) mass is 451 g/mol. The zero-order valence-corrected chi connectivity index (χ0v) is 18.7. The maximum Gasteiger partial charge on any atom is 0.331 e. The quantitative estimate of drug-likeness (QED) is 0.478. The number of ether oxygens (including phenoxy) is 2.